The fourth-order valence-corrected chi connectivity index (χ4v) is 11.5. The van der Waals surface area contributed by atoms with Gasteiger partial charge in [0, 0.05) is 0 Å². The van der Waals surface area contributed by atoms with Crippen LogP contribution in [0.1, 0.15) is 91.5 Å². The molecule has 0 saturated carbocycles. The fraction of sp³-hybridized carbons (Fsp3) is 0.704. The second-order valence-electron chi connectivity index (χ2n) is 9.52. The van der Waals surface area contributed by atoms with E-state index in [1.807, 2.05) is 30.3 Å². The summed E-state index contributed by atoms with van der Waals surface area (Å²) in [6, 6.07) is 9.27. The average molecular weight is 466 g/mol. The van der Waals surface area contributed by atoms with Gasteiger partial charge in [-0.25, -0.2) is 0 Å². The van der Waals surface area contributed by atoms with Crippen LogP contribution in [0, 0.1) is 0 Å². The van der Waals surface area contributed by atoms with Gasteiger partial charge < -0.3 is 0 Å². The van der Waals surface area contributed by atoms with Gasteiger partial charge in [-0.15, -0.1) is 0 Å². The predicted molar refractivity (Wildman–Crippen MR) is 140 cm³/mol. The van der Waals surface area contributed by atoms with E-state index in [1.165, 1.54) is 6.92 Å². The second-order valence-corrected chi connectivity index (χ2v) is 15.2. The SMILES string of the molecule is CCCCP(CCCC)(CCCC)(CCCC)OC(=O)[C@H](Cc1ccccc1)NC(C)=O. The van der Waals surface area contributed by atoms with Crippen LogP contribution in [0.15, 0.2) is 30.3 Å². The Balaban J connectivity index is 3.35. The van der Waals surface area contributed by atoms with E-state index in [9.17, 15) is 9.59 Å². The van der Waals surface area contributed by atoms with E-state index in [0.717, 1.165) is 81.6 Å². The Hall–Kier alpha value is -1.41. The van der Waals surface area contributed by atoms with E-state index in [4.69, 9.17) is 4.52 Å². The quantitative estimate of drug-likeness (QED) is 0.253. The summed E-state index contributed by atoms with van der Waals surface area (Å²) >= 11 is 0. The minimum atomic E-state index is -2.73. The number of hydrogen-bond acceptors (Lipinski definition) is 3. The molecule has 0 aliphatic rings. The first-order valence-electron chi connectivity index (χ1n) is 12.9. The Labute approximate surface area is 197 Å². The molecule has 1 rings (SSSR count). The van der Waals surface area contributed by atoms with E-state index >= 15 is 0 Å². The molecule has 0 saturated heterocycles. The van der Waals surface area contributed by atoms with Crippen LogP contribution in [-0.4, -0.2) is 42.6 Å². The summed E-state index contributed by atoms with van der Waals surface area (Å²) in [5.41, 5.74) is 1.03. The van der Waals surface area contributed by atoms with Gasteiger partial charge in [-0.3, -0.25) is 0 Å². The molecule has 1 atom stereocenters. The zero-order valence-corrected chi connectivity index (χ0v) is 22.2. The molecule has 0 aliphatic heterocycles. The summed E-state index contributed by atoms with van der Waals surface area (Å²) < 4.78 is 6.85. The summed E-state index contributed by atoms with van der Waals surface area (Å²) in [5, 5.41) is 2.90. The summed E-state index contributed by atoms with van der Waals surface area (Å²) in [6.45, 7) is 7.65. The number of rotatable bonds is 17. The number of unbranched alkanes of at least 4 members (excludes halogenated alkanes) is 4. The molecule has 184 valence electrons. The Morgan fingerprint density at radius 1 is 0.812 bits per heavy atom. The van der Waals surface area contributed by atoms with Crippen molar-refractivity contribution >= 4 is 18.7 Å². The van der Waals surface area contributed by atoms with Crippen molar-refractivity contribution in [2.45, 2.75) is 98.4 Å². The van der Waals surface area contributed by atoms with E-state index < -0.39 is 12.9 Å². The van der Waals surface area contributed by atoms with Gasteiger partial charge in [0.25, 0.3) is 0 Å². The van der Waals surface area contributed by atoms with E-state index in [2.05, 4.69) is 33.0 Å². The van der Waals surface area contributed by atoms with Crippen molar-refractivity contribution in [2.75, 3.05) is 24.6 Å². The van der Waals surface area contributed by atoms with Gasteiger partial charge in [-0.05, 0) is 0 Å². The van der Waals surface area contributed by atoms with Gasteiger partial charge in [-0.2, -0.15) is 0 Å². The van der Waals surface area contributed by atoms with Crippen molar-refractivity contribution < 1.29 is 14.1 Å². The maximum absolute atomic E-state index is 13.8. The van der Waals surface area contributed by atoms with Crippen molar-refractivity contribution in [3.05, 3.63) is 35.9 Å². The molecule has 1 N–H and O–H groups in total. The molecular formula is C27H48NO3P. The third kappa shape index (κ3) is 9.22. The van der Waals surface area contributed by atoms with Crippen LogP contribution in [0.25, 0.3) is 0 Å². The molecule has 5 heteroatoms. The zero-order chi connectivity index (χ0) is 23.9. The summed E-state index contributed by atoms with van der Waals surface area (Å²) in [4.78, 5) is 25.7. The Kier molecular flexibility index (Phi) is 13.1. The van der Waals surface area contributed by atoms with E-state index in [1.54, 1.807) is 0 Å². The molecule has 0 aromatic heterocycles. The molecule has 32 heavy (non-hydrogen) atoms. The van der Waals surface area contributed by atoms with Gasteiger partial charge in [0.05, 0.1) is 0 Å². The second kappa shape index (κ2) is 14.7. The normalized spacial score (nSPS) is 13.7. The monoisotopic (exact) mass is 465 g/mol. The predicted octanol–water partition coefficient (Wildman–Crippen LogP) is 6.95. The van der Waals surface area contributed by atoms with Crippen molar-refractivity contribution in [3.63, 3.8) is 0 Å². The maximum atomic E-state index is 13.8. The zero-order valence-electron chi connectivity index (χ0n) is 21.3. The third-order valence-corrected chi connectivity index (χ3v) is 13.1. The van der Waals surface area contributed by atoms with Crippen LogP contribution in [0.4, 0.5) is 0 Å². The number of hydrogen-bond donors (Lipinski definition) is 1. The van der Waals surface area contributed by atoms with E-state index in [0.29, 0.717) is 6.42 Å². The number of amides is 1. The number of nitrogens with one attached hydrogen (secondary N) is 1. The van der Waals surface area contributed by atoms with Crippen molar-refractivity contribution in [3.8, 4) is 0 Å². The summed E-state index contributed by atoms with van der Waals surface area (Å²) in [7, 11) is 0. The number of benzene rings is 1. The molecule has 0 bridgehead atoms. The van der Waals surface area contributed by atoms with Gasteiger partial charge in [0.15, 0.2) is 0 Å². The molecule has 1 amide bonds. The topological polar surface area (TPSA) is 55.4 Å². The Morgan fingerprint density at radius 2 is 1.25 bits per heavy atom. The van der Waals surface area contributed by atoms with Crippen molar-refractivity contribution in [2.24, 2.45) is 0 Å². The molecule has 0 spiro atoms. The van der Waals surface area contributed by atoms with Crippen LogP contribution in [0.3, 0.4) is 0 Å². The number of carbonyl (C=O) groups excluding carboxylic acids is 2. The van der Waals surface area contributed by atoms with Crippen LogP contribution in [0.5, 0.6) is 0 Å². The first kappa shape index (κ1) is 28.6. The molecular weight excluding hydrogens is 417 g/mol. The van der Waals surface area contributed by atoms with Crippen LogP contribution < -0.4 is 5.32 Å². The Bertz CT molecular complexity index is 633. The average Bonchev–Trinajstić information content (AvgIpc) is 2.79. The first-order chi connectivity index (χ1) is 15.3. The minimum absolute atomic E-state index is 0.188. The van der Waals surface area contributed by atoms with E-state index in [-0.39, 0.29) is 11.9 Å². The van der Waals surface area contributed by atoms with Crippen molar-refractivity contribution in [1.29, 1.82) is 0 Å². The van der Waals surface area contributed by atoms with Crippen LogP contribution in [0.2, 0.25) is 0 Å². The molecule has 0 radical (unpaired) electrons. The molecule has 0 fully saturated rings. The molecule has 0 aliphatic carbocycles. The molecule has 0 heterocycles. The van der Waals surface area contributed by atoms with Gasteiger partial charge in [0.1, 0.15) is 0 Å². The Morgan fingerprint density at radius 3 is 1.62 bits per heavy atom. The van der Waals surface area contributed by atoms with Gasteiger partial charge >= 0.3 is 197 Å². The standard InChI is InChI=1S/C27H48NO3P/c1-6-10-19-32(20-11-7-2,21-12-8-3,22-13-9-4)31-27(30)26(28-24(5)29)23-25-17-15-14-16-18-25/h14-18,26H,6-13,19-23H2,1-5H3,(H,28,29)/t26-/m0/s1. The van der Waals surface area contributed by atoms with Gasteiger partial charge in [-0.1, -0.05) is 0 Å². The van der Waals surface area contributed by atoms with Gasteiger partial charge in [0.2, 0.25) is 0 Å². The molecule has 0 unspecified atom stereocenters. The third-order valence-electron chi connectivity index (χ3n) is 6.60. The van der Waals surface area contributed by atoms with Crippen LogP contribution >= 0.6 is 6.83 Å². The first-order valence-corrected chi connectivity index (χ1v) is 15.8. The molecule has 1 aromatic rings. The fourth-order valence-electron chi connectivity index (χ4n) is 4.69. The molecule has 4 nitrogen and oxygen atoms in total. The summed E-state index contributed by atoms with van der Waals surface area (Å²) in [5.74, 6) is -0.409. The number of carbonyl (C=O) groups is 2. The summed E-state index contributed by atoms with van der Waals surface area (Å²) in [6.07, 6.45) is 13.5. The molecule has 1 aromatic carbocycles. The van der Waals surface area contributed by atoms with Crippen LogP contribution in [-0.2, 0) is 20.5 Å². The van der Waals surface area contributed by atoms with Crippen molar-refractivity contribution in [1.82, 2.24) is 5.32 Å².